The second-order valence-electron chi connectivity index (χ2n) is 5.85. The van der Waals surface area contributed by atoms with Crippen LogP contribution in [-0.4, -0.2) is 30.9 Å². The van der Waals surface area contributed by atoms with Gasteiger partial charge in [0.15, 0.2) is 4.96 Å². The molecule has 0 aliphatic heterocycles. The number of nitrogens with one attached hydrogen (secondary N) is 1. The van der Waals surface area contributed by atoms with Crippen LogP contribution >= 0.6 is 11.3 Å². The molecule has 0 amide bonds. The number of nitrogens with zero attached hydrogens (tertiary/aromatic N) is 5. The molecule has 0 spiro atoms. The summed E-state index contributed by atoms with van der Waals surface area (Å²) in [5.74, 6) is 1.06. The van der Waals surface area contributed by atoms with Gasteiger partial charge in [-0.05, 0) is 30.3 Å². The lowest BCUT2D eigenvalue weighted by Crippen LogP contribution is -1.95. The molecule has 4 aromatic heterocycles. The van der Waals surface area contributed by atoms with Gasteiger partial charge in [-0.1, -0.05) is 11.3 Å². The first-order valence-corrected chi connectivity index (χ1v) is 8.70. The van der Waals surface area contributed by atoms with E-state index in [1.807, 2.05) is 34.3 Å². The van der Waals surface area contributed by atoms with Crippen LogP contribution in [0.3, 0.4) is 0 Å². The Morgan fingerprint density at radius 1 is 1.19 bits per heavy atom. The minimum Gasteiger partial charge on any atom is -0.508 e. The van der Waals surface area contributed by atoms with E-state index in [0.29, 0.717) is 11.2 Å². The fraction of sp³-hybridized carbons (Fsp3) is 0.0556. The van der Waals surface area contributed by atoms with Gasteiger partial charge in [0, 0.05) is 19.4 Å². The van der Waals surface area contributed by atoms with Crippen LogP contribution in [0.5, 0.6) is 5.75 Å². The summed E-state index contributed by atoms with van der Waals surface area (Å²) in [6.45, 7) is 0. The topological polar surface area (TPSA) is 90.7 Å². The number of aromatic hydroxyl groups is 1. The predicted octanol–water partition coefficient (Wildman–Crippen LogP) is 3.48. The van der Waals surface area contributed by atoms with Gasteiger partial charge in [-0.15, -0.1) is 0 Å². The summed E-state index contributed by atoms with van der Waals surface area (Å²) in [4.78, 5) is 10.2. The number of rotatable bonds is 2. The molecule has 0 radical (unpaired) electrons. The van der Waals surface area contributed by atoms with Gasteiger partial charge in [0.05, 0.1) is 21.8 Å². The van der Waals surface area contributed by atoms with Crippen LogP contribution in [0.15, 0.2) is 42.7 Å². The largest absolute Gasteiger partial charge is 0.508 e. The summed E-state index contributed by atoms with van der Waals surface area (Å²) in [7, 11) is 1.84. The van der Waals surface area contributed by atoms with Crippen molar-refractivity contribution in [1.29, 1.82) is 5.26 Å². The van der Waals surface area contributed by atoms with E-state index in [2.05, 4.69) is 16.4 Å². The average molecular weight is 360 g/mol. The summed E-state index contributed by atoms with van der Waals surface area (Å²) in [5.41, 5.74) is 3.72. The average Bonchev–Trinajstić information content (AvgIpc) is 3.29. The van der Waals surface area contributed by atoms with Crippen LogP contribution in [0.4, 0.5) is 5.82 Å². The predicted molar refractivity (Wildman–Crippen MR) is 101 cm³/mol. The number of hydrogen-bond acceptors (Lipinski definition) is 6. The monoisotopic (exact) mass is 360 g/mol. The van der Waals surface area contributed by atoms with Crippen molar-refractivity contribution in [1.82, 2.24) is 18.8 Å². The molecule has 126 valence electrons. The van der Waals surface area contributed by atoms with Gasteiger partial charge in [-0.2, -0.15) is 5.26 Å². The van der Waals surface area contributed by atoms with Crippen LogP contribution in [0, 0.1) is 11.3 Å². The fourth-order valence-electron chi connectivity index (χ4n) is 3.14. The highest BCUT2D eigenvalue weighted by Gasteiger charge is 2.18. The van der Waals surface area contributed by atoms with Crippen molar-refractivity contribution in [3.05, 3.63) is 48.3 Å². The second-order valence-corrected chi connectivity index (χ2v) is 6.86. The highest BCUT2D eigenvalue weighted by molar-refractivity contribution is 7.23. The summed E-state index contributed by atoms with van der Waals surface area (Å²) < 4.78 is 4.88. The molecule has 26 heavy (non-hydrogen) atoms. The van der Waals surface area contributed by atoms with Crippen LogP contribution in [0.1, 0.15) is 5.56 Å². The maximum atomic E-state index is 9.65. The van der Waals surface area contributed by atoms with E-state index in [0.717, 1.165) is 32.4 Å². The first kappa shape index (κ1) is 14.7. The van der Waals surface area contributed by atoms with Crippen molar-refractivity contribution >= 4 is 38.0 Å². The van der Waals surface area contributed by atoms with Crippen molar-refractivity contribution < 1.29 is 5.11 Å². The number of nitriles is 1. The highest BCUT2D eigenvalue weighted by Crippen LogP contribution is 2.33. The number of benzene rings is 1. The van der Waals surface area contributed by atoms with Crippen molar-refractivity contribution in [2.75, 3.05) is 12.4 Å². The van der Waals surface area contributed by atoms with Crippen LogP contribution in [0.2, 0.25) is 0 Å². The standard InChI is InChI=1S/C18H12N6OS/c1-20-17-16(22-15-6-10(8-19)4-5-23(15)17)12-9-24-13-3-2-11(25)7-14(13)26-18(24)21-12/h2-7,9,20,25H,1H3. The normalized spacial score (nSPS) is 11.4. The van der Waals surface area contributed by atoms with E-state index in [9.17, 15) is 5.11 Å². The summed E-state index contributed by atoms with van der Waals surface area (Å²) >= 11 is 1.51. The number of thiazole rings is 1. The maximum absolute atomic E-state index is 9.65. The summed E-state index contributed by atoms with van der Waals surface area (Å²) in [6, 6.07) is 10.9. The van der Waals surface area contributed by atoms with E-state index in [4.69, 9.17) is 10.2 Å². The highest BCUT2D eigenvalue weighted by atomic mass is 32.1. The van der Waals surface area contributed by atoms with E-state index in [-0.39, 0.29) is 5.75 Å². The molecule has 0 unspecified atom stereocenters. The number of phenols is 1. The smallest absolute Gasteiger partial charge is 0.195 e. The number of pyridine rings is 1. The molecule has 0 saturated heterocycles. The molecule has 2 N–H and O–H groups in total. The number of hydrogen-bond donors (Lipinski definition) is 2. The molecule has 8 heteroatoms. The van der Waals surface area contributed by atoms with E-state index >= 15 is 0 Å². The van der Waals surface area contributed by atoms with Gasteiger partial charge in [0.25, 0.3) is 0 Å². The first-order valence-electron chi connectivity index (χ1n) is 7.89. The maximum Gasteiger partial charge on any atom is 0.195 e. The Hall–Kier alpha value is -3.57. The zero-order valence-corrected chi connectivity index (χ0v) is 14.4. The minimum atomic E-state index is 0.244. The molecular formula is C18H12N6OS. The second kappa shape index (κ2) is 5.21. The minimum absolute atomic E-state index is 0.244. The third kappa shape index (κ3) is 1.98. The Bertz CT molecular complexity index is 1350. The molecule has 0 aliphatic carbocycles. The van der Waals surface area contributed by atoms with Crippen molar-refractivity contribution in [3.8, 4) is 23.2 Å². The van der Waals surface area contributed by atoms with Crippen molar-refractivity contribution in [2.45, 2.75) is 0 Å². The lowest BCUT2D eigenvalue weighted by Gasteiger charge is -2.01. The van der Waals surface area contributed by atoms with E-state index in [1.54, 1.807) is 24.3 Å². The van der Waals surface area contributed by atoms with Crippen LogP contribution in [0.25, 0.3) is 32.2 Å². The summed E-state index contributed by atoms with van der Waals surface area (Å²) in [5, 5.41) is 21.9. The van der Waals surface area contributed by atoms with Gasteiger partial charge in [0.1, 0.15) is 28.6 Å². The molecule has 0 aliphatic rings. The Kier molecular flexibility index (Phi) is 2.96. The SMILES string of the molecule is CNc1c(-c2cn3c(n2)sc2cc(O)ccc23)nc2cc(C#N)ccn12. The number of imidazole rings is 2. The quantitative estimate of drug-likeness (QED) is 0.503. The number of anilines is 1. The van der Waals surface area contributed by atoms with Crippen molar-refractivity contribution in [2.24, 2.45) is 0 Å². The fourth-order valence-corrected chi connectivity index (χ4v) is 4.18. The van der Waals surface area contributed by atoms with E-state index < -0.39 is 0 Å². The number of aromatic nitrogens is 4. The molecule has 1 aromatic carbocycles. The molecule has 4 heterocycles. The molecule has 0 fully saturated rings. The Morgan fingerprint density at radius 3 is 2.88 bits per heavy atom. The lowest BCUT2D eigenvalue weighted by molar-refractivity contribution is 0.476. The van der Waals surface area contributed by atoms with Gasteiger partial charge in [0.2, 0.25) is 0 Å². The number of phenolic OH excluding ortho intramolecular Hbond substituents is 1. The zero-order valence-electron chi connectivity index (χ0n) is 13.6. The third-order valence-electron chi connectivity index (χ3n) is 4.31. The molecule has 0 atom stereocenters. The van der Waals surface area contributed by atoms with Gasteiger partial charge in [-0.25, -0.2) is 9.97 Å². The van der Waals surface area contributed by atoms with Gasteiger partial charge >= 0.3 is 0 Å². The third-order valence-corrected chi connectivity index (χ3v) is 5.33. The first-order chi connectivity index (χ1) is 12.7. The molecule has 7 nitrogen and oxygen atoms in total. The van der Waals surface area contributed by atoms with E-state index in [1.165, 1.54) is 11.3 Å². The zero-order chi connectivity index (χ0) is 17.8. The van der Waals surface area contributed by atoms with Crippen molar-refractivity contribution in [3.63, 3.8) is 0 Å². The van der Waals surface area contributed by atoms with Gasteiger partial charge < -0.3 is 10.4 Å². The Labute approximate surface area is 151 Å². The van der Waals surface area contributed by atoms with Crippen LogP contribution in [-0.2, 0) is 0 Å². The van der Waals surface area contributed by atoms with Gasteiger partial charge in [-0.3, -0.25) is 8.80 Å². The molecule has 0 saturated carbocycles. The Morgan fingerprint density at radius 2 is 2.08 bits per heavy atom. The number of fused-ring (bicyclic) bond motifs is 4. The Balaban J connectivity index is 1.75. The van der Waals surface area contributed by atoms with Crippen LogP contribution < -0.4 is 5.32 Å². The lowest BCUT2D eigenvalue weighted by atomic mass is 10.3. The molecule has 0 bridgehead atoms. The molecule has 5 aromatic rings. The molecule has 5 rings (SSSR count). The molecular weight excluding hydrogens is 348 g/mol. The summed E-state index contributed by atoms with van der Waals surface area (Å²) in [6.07, 6.45) is 3.77.